The van der Waals surface area contributed by atoms with E-state index in [-0.39, 0.29) is 25.4 Å². The molecule has 1 fully saturated rings. The van der Waals surface area contributed by atoms with Crippen molar-refractivity contribution in [3.8, 4) is 0 Å². The first-order chi connectivity index (χ1) is 8.38. The lowest BCUT2D eigenvalue weighted by atomic mass is 9.81. The smallest absolute Gasteiger partial charge is 0.308 e. The second-order valence-electron chi connectivity index (χ2n) is 4.36. The molecule has 0 bridgehead atoms. The van der Waals surface area contributed by atoms with Gasteiger partial charge in [-0.25, -0.2) is 18.2 Å². The molecule has 106 valence electrons. The summed E-state index contributed by atoms with van der Waals surface area (Å²) in [6, 6.07) is 0. The third-order valence-electron chi connectivity index (χ3n) is 3.13. The summed E-state index contributed by atoms with van der Waals surface area (Å²) in [5.74, 6) is -1.29. The van der Waals surface area contributed by atoms with E-state index in [1.165, 1.54) is 14.2 Å². The van der Waals surface area contributed by atoms with Crippen molar-refractivity contribution < 1.29 is 32.3 Å². The van der Waals surface area contributed by atoms with Gasteiger partial charge >= 0.3 is 5.97 Å². The van der Waals surface area contributed by atoms with E-state index in [9.17, 15) is 17.8 Å². The maximum absolute atomic E-state index is 11.5. The molecule has 8 heteroatoms. The summed E-state index contributed by atoms with van der Waals surface area (Å²) in [7, 11) is -1.84. The monoisotopic (exact) mass is 281 g/mol. The van der Waals surface area contributed by atoms with Crippen LogP contribution in [0.15, 0.2) is 0 Å². The third-order valence-corrected chi connectivity index (χ3v) is 4.33. The number of carbonyl (C=O) groups is 1. The van der Waals surface area contributed by atoms with Gasteiger partial charge in [0.1, 0.15) is 0 Å². The van der Waals surface area contributed by atoms with Crippen LogP contribution < -0.4 is 0 Å². The molecular weight excluding hydrogens is 264 g/mol. The highest BCUT2D eigenvalue weighted by molar-refractivity contribution is 7.86. The van der Waals surface area contributed by atoms with Crippen molar-refractivity contribution >= 4 is 16.1 Å². The van der Waals surface area contributed by atoms with E-state index in [2.05, 4.69) is 9.62 Å². The molecule has 3 atom stereocenters. The van der Waals surface area contributed by atoms with E-state index >= 15 is 0 Å². The van der Waals surface area contributed by atoms with Gasteiger partial charge in [-0.1, -0.05) is 0 Å². The fourth-order valence-electron chi connectivity index (χ4n) is 2.28. The molecule has 0 aliphatic heterocycles. The van der Waals surface area contributed by atoms with Crippen molar-refractivity contribution in [2.45, 2.75) is 24.5 Å². The predicted octanol–water partition coefficient (Wildman–Crippen LogP) is 0.0675. The number of hydrogen-bond donors (Lipinski definition) is 0. The average molecular weight is 281 g/mol. The lowest BCUT2D eigenvalue weighted by Gasteiger charge is -2.34. The van der Waals surface area contributed by atoms with Crippen LogP contribution in [0.25, 0.3) is 0 Å². The second-order valence-corrected chi connectivity index (χ2v) is 6.01. The first kappa shape index (κ1) is 15.4. The van der Waals surface area contributed by atoms with E-state index in [0.717, 1.165) is 0 Å². The first-order valence-corrected chi connectivity index (χ1v) is 7.03. The molecule has 3 unspecified atom stereocenters. The molecule has 7 nitrogen and oxygen atoms in total. The van der Waals surface area contributed by atoms with Gasteiger partial charge < -0.3 is 9.29 Å². The van der Waals surface area contributed by atoms with Gasteiger partial charge in [0, 0.05) is 0 Å². The zero-order valence-electron chi connectivity index (χ0n) is 10.3. The van der Waals surface area contributed by atoms with Crippen molar-refractivity contribution in [1.29, 1.82) is 0 Å². The fourth-order valence-corrected chi connectivity index (χ4v) is 3.25. The van der Waals surface area contributed by atoms with Crippen molar-refractivity contribution in [3.63, 3.8) is 0 Å². The van der Waals surface area contributed by atoms with Crippen LogP contribution in [0.2, 0.25) is 0 Å². The summed E-state index contributed by atoms with van der Waals surface area (Å²) in [4.78, 5) is 20.7. The zero-order valence-corrected chi connectivity index (χ0v) is 11.1. The Kier molecular flexibility index (Phi) is 5.51. The van der Waals surface area contributed by atoms with Crippen LogP contribution in [0.5, 0.6) is 0 Å². The molecule has 1 rings (SSSR count). The molecule has 0 amide bonds. The first-order valence-electron chi connectivity index (χ1n) is 5.56. The SMILES string of the molecule is COOCC1CC(C(=O)OC)CC(S(=O)(=O)[O-])C1. The van der Waals surface area contributed by atoms with Crippen molar-refractivity contribution in [2.75, 3.05) is 20.8 Å². The molecule has 0 saturated heterocycles. The van der Waals surface area contributed by atoms with Gasteiger partial charge in [-0.3, -0.25) is 4.79 Å². The van der Waals surface area contributed by atoms with E-state index in [1.807, 2.05) is 0 Å². The van der Waals surface area contributed by atoms with Gasteiger partial charge in [0.05, 0.1) is 42.1 Å². The van der Waals surface area contributed by atoms with Crippen LogP contribution in [0.1, 0.15) is 19.3 Å². The number of methoxy groups -OCH3 is 1. The summed E-state index contributed by atoms with van der Waals surface area (Å²) in [6.45, 7) is 0.149. The molecule has 0 heterocycles. The lowest BCUT2D eigenvalue weighted by molar-refractivity contribution is -0.281. The minimum Gasteiger partial charge on any atom is -0.748 e. The van der Waals surface area contributed by atoms with Gasteiger partial charge in [-0.15, -0.1) is 0 Å². The molecule has 1 aliphatic rings. The van der Waals surface area contributed by atoms with Crippen molar-refractivity contribution in [2.24, 2.45) is 11.8 Å². The standard InChI is InChI=1S/C10H18O7S/c1-15-10(11)8-3-7(6-17-16-2)4-9(5-8)18(12,13)14/h7-9H,3-6H2,1-2H3,(H,12,13,14)/p-1. The Balaban J connectivity index is 2.75. The number of carbonyl (C=O) groups excluding carboxylic acids is 1. The van der Waals surface area contributed by atoms with Gasteiger partial charge in [-0.2, -0.15) is 0 Å². The predicted molar refractivity (Wildman–Crippen MR) is 59.3 cm³/mol. The topological polar surface area (TPSA) is 102 Å². The minimum absolute atomic E-state index is 0.0159. The van der Waals surface area contributed by atoms with E-state index in [0.29, 0.717) is 6.42 Å². The Morgan fingerprint density at radius 3 is 2.44 bits per heavy atom. The molecule has 0 aromatic carbocycles. The lowest BCUT2D eigenvalue weighted by Crippen LogP contribution is -2.37. The Morgan fingerprint density at radius 1 is 1.28 bits per heavy atom. The molecule has 0 aromatic rings. The minimum atomic E-state index is -4.41. The van der Waals surface area contributed by atoms with Crippen LogP contribution in [0, 0.1) is 11.8 Å². The molecule has 0 aromatic heterocycles. The Hall–Kier alpha value is -0.700. The van der Waals surface area contributed by atoms with Crippen molar-refractivity contribution in [1.82, 2.24) is 0 Å². The maximum Gasteiger partial charge on any atom is 0.308 e. The molecule has 1 saturated carbocycles. The highest BCUT2D eigenvalue weighted by Crippen LogP contribution is 2.33. The van der Waals surface area contributed by atoms with Gasteiger partial charge in [0.25, 0.3) is 0 Å². The number of rotatable bonds is 5. The number of ether oxygens (including phenoxy) is 1. The summed E-state index contributed by atoms with van der Waals surface area (Å²) < 4.78 is 37.8. The zero-order chi connectivity index (χ0) is 13.8. The second kappa shape index (κ2) is 6.46. The fraction of sp³-hybridized carbons (Fsp3) is 0.900. The molecular formula is C10H17O7S-. The highest BCUT2D eigenvalue weighted by atomic mass is 32.2. The molecule has 1 aliphatic carbocycles. The van der Waals surface area contributed by atoms with E-state index < -0.39 is 27.3 Å². The summed E-state index contributed by atoms with van der Waals surface area (Å²) in [6.07, 6.45) is 0.632. The van der Waals surface area contributed by atoms with Crippen LogP contribution in [0.3, 0.4) is 0 Å². The van der Waals surface area contributed by atoms with Gasteiger partial charge in [0.15, 0.2) is 0 Å². The third kappa shape index (κ3) is 4.20. The van der Waals surface area contributed by atoms with Crippen LogP contribution in [0.4, 0.5) is 0 Å². The molecule has 0 radical (unpaired) electrons. The summed E-state index contributed by atoms with van der Waals surface area (Å²) in [5, 5.41) is -1.07. The highest BCUT2D eigenvalue weighted by Gasteiger charge is 2.36. The quantitative estimate of drug-likeness (QED) is 0.304. The van der Waals surface area contributed by atoms with E-state index in [1.54, 1.807) is 0 Å². The van der Waals surface area contributed by atoms with Crippen LogP contribution in [-0.4, -0.2) is 45.0 Å². The molecule has 0 N–H and O–H groups in total. The van der Waals surface area contributed by atoms with E-state index in [4.69, 9.17) is 4.89 Å². The normalized spacial score (nSPS) is 28.9. The van der Waals surface area contributed by atoms with Crippen LogP contribution >= 0.6 is 0 Å². The van der Waals surface area contributed by atoms with Gasteiger partial charge in [-0.05, 0) is 25.2 Å². The Bertz CT molecular complexity index is 378. The average Bonchev–Trinajstić information content (AvgIpc) is 2.33. The summed E-state index contributed by atoms with van der Waals surface area (Å²) in [5.41, 5.74) is 0. The number of esters is 1. The molecule has 0 spiro atoms. The Morgan fingerprint density at radius 2 is 1.94 bits per heavy atom. The molecule has 18 heavy (non-hydrogen) atoms. The largest absolute Gasteiger partial charge is 0.748 e. The van der Waals surface area contributed by atoms with Crippen LogP contribution in [-0.2, 0) is 29.4 Å². The number of hydrogen-bond acceptors (Lipinski definition) is 7. The Labute approximate surface area is 106 Å². The maximum atomic E-state index is 11.5. The van der Waals surface area contributed by atoms with Gasteiger partial charge in [0.2, 0.25) is 0 Å². The summed E-state index contributed by atoms with van der Waals surface area (Å²) >= 11 is 0. The van der Waals surface area contributed by atoms with Crippen molar-refractivity contribution in [3.05, 3.63) is 0 Å².